The van der Waals surface area contributed by atoms with Gasteiger partial charge in [-0.05, 0) is 30.7 Å². The van der Waals surface area contributed by atoms with Crippen molar-refractivity contribution in [3.05, 3.63) is 35.9 Å². The van der Waals surface area contributed by atoms with Crippen molar-refractivity contribution in [3.63, 3.8) is 0 Å². The van der Waals surface area contributed by atoms with Gasteiger partial charge >= 0.3 is 0 Å². The molecule has 1 saturated carbocycles. The summed E-state index contributed by atoms with van der Waals surface area (Å²) >= 11 is 0. The SMILES string of the molecule is O=S(=O)(CCc1ccccc1)NC1CCCCC1CO. The van der Waals surface area contributed by atoms with Crippen LogP contribution in [-0.2, 0) is 16.4 Å². The molecule has 1 fully saturated rings. The molecule has 20 heavy (non-hydrogen) atoms. The van der Waals surface area contributed by atoms with E-state index < -0.39 is 10.0 Å². The highest BCUT2D eigenvalue weighted by molar-refractivity contribution is 7.89. The Morgan fingerprint density at radius 1 is 1.15 bits per heavy atom. The fourth-order valence-corrected chi connectivity index (χ4v) is 4.16. The molecular formula is C15H23NO3S. The lowest BCUT2D eigenvalue weighted by Crippen LogP contribution is -2.44. The molecule has 1 aliphatic carbocycles. The van der Waals surface area contributed by atoms with Gasteiger partial charge in [-0.2, -0.15) is 0 Å². The van der Waals surface area contributed by atoms with Crippen LogP contribution in [0.25, 0.3) is 0 Å². The van der Waals surface area contributed by atoms with Gasteiger partial charge in [0.2, 0.25) is 10.0 Å². The molecule has 2 unspecified atom stereocenters. The molecule has 0 spiro atoms. The summed E-state index contributed by atoms with van der Waals surface area (Å²) in [6, 6.07) is 9.52. The number of aliphatic hydroxyl groups excluding tert-OH is 1. The number of hydrogen-bond donors (Lipinski definition) is 2. The van der Waals surface area contributed by atoms with Gasteiger partial charge in [0.25, 0.3) is 0 Å². The van der Waals surface area contributed by atoms with Crippen LogP contribution < -0.4 is 4.72 Å². The Kier molecular flexibility index (Phi) is 5.57. The second-order valence-corrected chi connectivity index (χ2v) is 7.38. The van der Waals surface area contributed by atoms with E-state index >= 15 is 0 Å². The lowest BCUT2D eigenvalue weighted by atomic mass is 9.86. The molecular weight excluding hydrogens is 274 g/mol. The molecule has 0 aliphatic heterocycles. The molecule has 112 valence electrons. The van der Waals surface area contributed by atoms with E-state index in [1.54, 1.807) is 0 Å². The highest BCUT2D eigenvalue weighted by Gasteiger charge is 2.27. The number of sulfonamides is 1. The van der Waals surface area contributed by atoms with Gasteiger partial charge in [-0.15, -0.1) is 0 Å². The van der Waals surface area contributed by atoms with Gasteiger partial charge in [0, 0.05) is 12.6 Å². The molecule has 0 saturated heterocycles. The predicted molar refractivity (Wildman–Crippen MR) is 79.9 cm³/mol. The van der Waals surface area contributed by atoms with Crippen LogP contribution >= 0.6 is 0 Å². The number of aliphatic hydroxyl groups is 1. The van der Waals surface area contributed by atoms with Crippen LogP contribution in [-0.4, -0.2) is 31.9 Å². The normalized spacial score (nSPS) is 23.6. The standard InChI is InChI=1S/C15H23NO3S/c17-12-14-8-4-5-9-15(14)16-20(18,19)11-10-13-6-2-1-3-7-13/h1-3,6-7,14-17H,4-5,8-12H2. The van der Waals surface area contributed by atoms with Crippen molar-refractivity contribution in [3.8, 4) is 0 Å². The summed E-state index contributed by atoms with van der Waals surface area (Å²) in [5.74, 6) is 0.168. The van der Waals surface area contributed by atoms with Crippen molar-refractivity contribution in [2.75, 3.05) is 12.4 Å². The molecule has 2 N–H and O–H groups in total. The molecule has 0 amide bonds. The van der Waals surface area contributed by atoms with E-state index in [0.717, 1.165) is 31.2 Å². The zero-order valence-corrected chi connectivity index (χ0v) is 12.5. The molecule has 4 nitrogen and oxygen atoms in total. The minimum atomic E-state index is -3.28. The van der Waals surface area contributed by atoms with Crippen molar-refractivity contribution in [2.45, 2.75) is 38.1 Å². The predicted octanol–water partition coefficient (Wildman–Crippen LogP) is 1.70. The molecule has 5 heteroatoms. The fourth-order valence-electron chi connectivity index (χ4n) is 2.77. The third-order valence-corrected chi connectivity index (χ3v) is 5.38. The summed E-state index contributed by atoms with van der Waals surface area (Å²) < 4.78 is 27.1. The molecule has 2 rings (SSSR count). The van der Waals surface area contributed by atoms with Crippen molar-refractivity contribution < 1.29 is 13.5 Å². The summed E-state index contributed by atoms with van der Waals surface area (Å²) in [7, 11) is -3.28. The Hall–Kier alpha value is -0.910. The third kappa shape index (κ3) is 4.58. The van der Waals surface area contributed by atoms with Crippen LogP contribution in [0.2, 0.25) is 0 Å². The average Bonchev–Trinajstić information content (AvgIpc) is 2.47. The maximum absolute atomic E-state index is 12.1. The Bertz CT molecular complexity index is 501. The topological polar surface area (TPSA) is 66.4 Å². The number of aryl methyl sites for hydroxylation is 1. The molecule has 1 aromatic carbocycles. The first kappa shape index (κ1) is 15.5. The van der Waals surface area contributed by atoms with Crippen molar-refractivity contribution in [1.82, 2.24) is 4.72 Å². The second-order valence-electron chi connectivity index (χ2n) is 5.51. The number of benzene rings is 1. The summed E-state index contributed by atoms with van der Waals surface area (Å²) in [4.78, 5) is 0. The van der Waals surface area contributed by atoms with Crippen LogP contribution in [0.15, 0.2) is 30.3 Å². The minimum absolute atomic E-state index is 0.0614. The minimum Gasteiger partial charge on any atom is -0.396 e. The molecule has 0 bridgehead atoms. The molecule has 1 aromatic rings. The fraction of sp³-hybridized carbons (Fsp3) is 0.600. The van der Waals surface area contributed by atoms with Crippen LogP contribution in [0.4, 0.5) is 0 Å². The van der Waals surface area contributed by atoms with E-state index in [0.29, 0.717) is 6.42 Å². The van der Waals surface area contributed by atoms with Crippen molar-refractivity contribution in [2.24, 2.45) is 5.92 Å². The van der Waals surface area contributed by atoms with Crippen LogP contribution in [0.3, 0.4) is 0 Å². The molecule has 1 aliphatic rings. The molecule has 2 atom stereocenters. The Morgan fingerprint density at radius 2 is 1.85 bits per heavy atom. The van der Waals surface area contributed by atoms with E-state index in [1.807, 2.05) is 30.3 Å². The highest BCUT2D eigenvalue weighted by Crippen LogP contribution is 2.24. The monoisotopic (exact) mass is 297 g/mol. The Labute approximate surface area is 121 Å². The van der Waals surface area contributed by atoms with Gasteiger partial charge in [-0.1, -0.05) is 43.2 Å². The average molecular weight is 297 g/mol. The number of hydrogen-bond acceptors (Lipinski definition) is 3. The van der Waals surface area contributed by atoms with E-state index in [1.165, 1.54) is 0 Å². The van der Waals surface area contributed by atoms with Gasteiger partial charge in [0.05, 0.1) is 5.75 Å². The molecule has 0 radical (unpaired) electrons. The van der Waals surface area contributed by atoms with Crippen molar-refractivity contribution >= 4 is 10.0 Å². The third-order valence-electron chi connectivity index (χ3n) is 3.98. The zero-order chi connectivity index (χ0) is 14.4. The van der Waals surface area contributed by atoms with Crippen LogP contribution in [0, 0.1) is 5.92 Å². The first-order valence-electron chi connectivity index (χ1n) is 7.25. The van der Waals surface area contributed by atoms with Crippen LogP contribution in [0.1, 0.15) is 31.2 Å². The quantitative estimate of drug-likeness (QED) is 0.840. The first-order chi connectivity index (χ1) is 9.61. The van der Waals surface area contributed by atoms with Gasteiger partial charge in [0.1, 0.15) is 0 Å². The summed E-state index contributed by atoms with van der Waals surface area (Å²) in [5, 5.41) is 9.33. The van der Waals surface area contributed by atoms with Gasteiger partial charge in [-0.25, -0.2) is 13.1 Å². The summed E-state index contributed by atoms with van der Waals surface area (Å²) in [6.07, 6.45) is 4.36. The Morgan fingerprint density at radius 3 is 2.55 bits per heavy atom. The first-order valence-corrected chi connectivity index (χ1v) is 8.91. The van der Waals surface area contributed by atoms with Gasteiger partial charge in [0.15, 0.2) is 0 Å². The number of nitrogens with one attached hydrogen (secondary N) is 1. The van der Waals surface area contributed by atoms with E-state index in [9.17, 15) is 13.5 Å². The molecule has 0 aromatic heterocycles. The highest BCUT2D eigenvalue weighted by atomic mass is 32.2. The number of rotatable bonds is 6. The lowest BCUT2D eigenvalue weighted by Gasteiger charge is -2.30. The maximum Gasteiger partial charge on any atom is 0.212 e. The van der Waals surface area contributed by atoms with Gasteiger partial charge < -0.3 is 5.11 Å². The largest absolute Gasteiger partial charge is 0.396 e. The van der Waals surface area contributed by atoms with Gasteiger partial charge in [-0.3, -0.25) is 0 Å². The smallest absolute Gasteiger partial charge is 0.212 e. The van der Waals surface area contributed by atoms with E-state index in [-0.39, 0.29) is 24.3 Å². The summed E-state index contributed by atoms with van der Waals surface area (Å²) in [6.45, 7) is 0.0614. The van der Waals surface area contributed by atoms with Crippen LogP contribution in [0.5, 0.6) is 0 Å². The Balaban J connectivity index is 1.90. The molecule has 0 heterocycles. The second kappa shape index (κ2) is 7.20. The lowest BCUT2D eigenvalue weighted by molar-refractivity contribution is 0.164. The van der Waals surface area contributed by atoms with E-state index in [4.69, 9.17) is 0 Å². The zero-order valence-electron chi connectivity index (χ0n) is 11.7. The van der Waals surface area contributed by atoms with Crippen molar-refractivity contribution in [1.29, 1.82) is 0 Å². The summed E-state index contributed by atoms with van der Waals surface area (Å²) in [5.41, 5.74) is 1.03. The maximum atomic E-state index is 12.1. The van der Waals surface area contributed by atoms with E-state index in [2.05, 4.69) is 4.72 Å².